The van der Waals surface area contributed by atoms with Crippen LogP contribution in [0.2, 0.25) is 0 Å². The van der Waals surface area contributed by atoms with E-state index in [9.17, 15) is 13.2 Å². The second kappa shape index (κ2) is 9.18. The van der Waals surface area contributed by atoms with E-state index >= 15 is 0 Å². The molecule has 0 fully saturated rings. The van der Waals surface area contributed by atoms with Crippen LogP contribution in [0.15, 0.2) is 24.3 Å². The van der Waals surface area contributed by atoms with Gasteiger partial charge >= 0.3 is 0 Å². The number of carbonyl (C=O) groups is 1. The lowest BCUT2D eigenvalue weighted by Gasteiger charge is -2.15. The number of nitrogens with two attached hydrogens (primary N) is 1. The molecule has 1 unspecified atom stereocenters. The predicted molar refractivity (Wildman–Crippen MR) is 98.6 cm³/mol. The van der Waals surface area contributed by atoms with Gasteiger partial charge in [-0.05, 0) is 23.0 Å². The third kappa shape index (κ3) is 7.45. The maximum absolute atomic E-state index is 11.8. The van der Waals surface area contributed by atoms with Crippen LogP contribution in [0.25, 0.3) is 0 Å². The smallest absolute Gasteiger partial charge is 0.221 e. The van der Waals surface area contributed by atoms with Crippen LogP contribution in [-0.2, 0) is 14.6 Å². The van der Waals surface area contributed by atoms with Gasteiger partial charge in [-0.2, -0.15) is 0 Å². The van der Waals surface area contributed by atoms with E-state index in [1.807, 2.05) is 38.1 Å². The quantitative estimate of drug-likeness (QED) is 0.712. The molecule has 24 heavy (non-hydrogen) atoms. The van der Waals surface area contributed by atoms with Crippen molar-refractivity contribution < 1.29 is 13.2 Å². The van der Waals surface area contributed by atoms with E-state index in [0.717, 1.165) is 5.56 Å². The SMILES string of the molecule is CC(C)CS(=O)(=O)CCC(=O)NCC(N)c1ccc(C(C)C)cc1. The van der Waals surface area contributed by atoms with Gasteiger partial charge in [-0.15, -0.1) is 0 Å². The van der Waals surface area contributed by atoms with Crippen molar-refractivity contribution >= 4 is 15.7 Å². The minimum Gasteiger partial charge on any atom is -0.354 e. The van der Waals surface area contributed by atoms with Crippen molar-refractivity contribution in [3.05, 3.63) is 35.4 Å². The molecule has 0 bridgehead atoms. The van der Waals surface area contributed by atoms with Crippen LogP contribution >= 0.6 is 0 Å². The highest BCUT2D eigenvalue weighted by molar-refractivity contribution is 7.91. The molecule has 1 aromatic rings. The van der Waals surface area contributed by atoms with Gasteiger partial charge < -0.3 is 11.1 Å². The third-order valence-corrected chi connectivity index (χ3v) is 5.78. The summed E-state index contributed by atoms with van der Waals surface area (Å²) in [6, 6.07) is 7.72. The van der Waals surface area contributed by atoms with Gasteiger partial charge in [0.15, 0.2) is 9.84 Å². The molecule has 0 aliphatic carbocycles. The lowest BCUT2D eigenvalue weighted by atomic mass is 9.99. The number of benzene rings is 1. The lowest BCUT2D eigenvalue weighted by molar-refractivity contribution is -0.120. The van der Waals surface area contributed by atoms with E-state index in [-0.39, 0.29) is 35.8 Å². The van der Waals surface area contributed by atoms with E-state index < -0.39 is 9.84 Å². The maximum Gasteiger partial charge on any atom is 0.221 e. The summed E-state index contributed by atoms with van der Waals surface area (Å²) in [4.78, 5) is 11.8. The summed E-state index contributed by atoms with van der Waals surface area (Å²) < 4.78 is 23.6. The van der Waals surface area contributed by atoms with Crippen molar-refractivity contribution in [3.63, 3.8) is 0 Å². The molecule has 6 heteroatoms. The number of nitrogens with one attached hydrogen (secondary N) is 1. The molecule has 0 aliphatic rings. The Hall–Kier alpha value is -1.40. The molecule has 0 saturated carbocycles. The van der Waals surface area contributed by atoms with Crippen LogP contribution in [0.5, 0.6) is 0 Å². The van der Waals surface area contributed by atoms with Gasteiger partial charge in [0.05, 0.1) is 11.5 Å². The van der Waals surface area contributed by atoms with Crippen LogP contribution in [0.3, 0.4) is 0 Å². The topological polar surface area (TPSA) is 89.3 Å². The highest BCUT2D eigenvalue weighted by Gasteiger charge is 2.16. The molecule has 0 aromatic heterocycles. The minimum absolute atomic E-state index is 0.0198. The molecule has 3 N–H and O–H groups in total. The maximum atomic E-state index is 11.8. The minimum atomic E-state index is -3.17. The largest absolute Gasteiger partial charge is 0.354 e. The first-order chi connectivity index (χ1) is 11.1. The Morgan fingerprint density at radius 3 is 2.12 bits per heavy atom. The highest BCUT2D eigenvalue weighted by Crippen LogP contribution is 2.17. The van der Waals surface area contributed by atoms with Crippen molar-refractivity contribution in [2.75, 3.05) is 18.1 Å². The number of rotatable bonds is 9. The lowest BCUT2D eigenvalue weighted by Crippen LogP contribution is -2.33. The van der Waals surface area contributed by atoms with E-state index in [2.05, 4.69) is 19.2 Å². The molecule has 0 heterocycles. The molecular weight excluding hydrogens is 324 g/mol. The standard InChI is InChI=1S/C18H30N2O3S/c1-13(2)12-24(22,23)10-9-18(21)20-11-17(19)16-7-5-15(6-8-16)14(3)4/h5-8,13-14,17H,9-12,19H2,1-4H3,(H,20,21). The van der Waals surface area contributed by atoms with Crippen LogP contribution < -0.4 is 11.1 Å². The molecule has 0 saturated heterocycles. The van der Waals surface area contributed by atoms with Gasteiger partial charge in [-0.3, -0.25) is 4.79 Å². The van der Waals surface area contributed by atoms with E-state index in [1.54, 1.807) is 0 Å². The van der Waals surface area contributed by atoms with Crippen LogP contribution in [0.4, 0.5) is 0 Å². The molecule has 1 aromatic carbocycles. The van der Waals surface area contributed by atoms with Gasteiger partial charge in [-0.1, -0.05) is 52.0 Å². The Bertz CT molecular complexity index is 622. The molecule has 136 valence electrons. The molecule has 1 amide bonds. The average Bonchev–Trinajstić information content (AvgIpc) is 2.49. The van der Waals surface area contributed by atoms with Crippen molar-refractivity contribution in [2.45, 2.75) is 46.1 Å². The van der Waals surface area contributed by atoms with Crippen LogP contribution in [0.1, 0.15) is 57.2 Å². The Morgan fingerprint density at radius 2 is 1.62 bits per heavy atom. The summed E-state index contributed by atoms with van der Waals surface area (Å²) in [5.74, 6) is 0.247. The van der Waals surface area contributed by atoms with Gasteiger partial charge in [0.2, 0.25) is 5.91 Å². The molecule has 0 aliphatic heterocycles. The van der Waals surface area contributed by atoms with Crippen molar-refractivity contribution in [1.29, 1.82) is 0 Å². The number of carbonyl (C=O) groups excluding carboxylic acids is 1. The highest BCUT2D eigenvalue weighted by atomic mass is 32.2. The normalized spacial score (nSPS) is 13.3. The fraction of sp³-hybridized carbons (Fsp3) is 0.611. The van der Waals surface area contributed by atoms with Gasteiger partial charge in [0, 0.05) is 19.0 Å². The molecule has 1 rings (SSSR count). The Morgan fingerprint density at radius 1 is 1.08 bits per heavy atom. The van der Waals surface area contributed by atoms with Crippen LogP contribution in [-0.4, -0.2) is 32.4 Å². The van der Waals surface area contributed by atoms with E-state index in [4.69, 9.17) is 5.73 Å². The first-order valence-corrected chi connectivity index (χ1v) is 10.3. The third-order valence-electron chi connectivity index (χ3n) is 3.78. The number of sulfone groups is 1. The Balaban J connectivity index is 2.43. The summed E-state index contributed by atoms with van der Waals surface area (Å²) in [5.41, 5.74) is 8.28. The number of amides is 1. The second-order valence-electron chi connectivity index (χ2n) is 6.99. The molecule has 5 nitrogen and oxygen atoms in total. The zero-order valence-electron chi connectivity index (χ0n) is 15.1. The molecule has 1 atom stereocenters. The molecule has 0 radical (unpaired) electrons. The fourth-order valence-electron chi connectivity index (χ4n) is 2.40. The van der Waals surface area contributed by atoms with Crippen LogP contribution in [0, 0.1) is 5.92 Å². The van der Waals surface area contributed by atoms with Gasteiger partial charge in [0.25, 0.3) is 0 Å². The van der Waals surface area contributed by atoms with Crippen molar-refractivity contribution in [1.82, 2.24) is 5.32 Å². The first kappa shape index (κ1) is 20.6. The Labute approximate surface area is 145 Å². The zero-order chi connectivity index (χ0) is 18.3. The van der Waals surface area contributed by atoms with Gasteiger partial charge in [0.1, 0.15) is 0 Å². The molecule has 0 spiro atoms. The number of hydrogen-bond donors (Lipinski definition) is 2. The van der Waals surface area contributed by atoms with Crippen molar-refractivity contribution in [2.24, 2.45) is 11.7 Å². The summed E-state index contributed by atoms with van der Waals surface area (Å²) in [6.45, 7) is 8.25. The Kier molecular flexibility index (Phi) is 7.90. The summed E-state index contributed by atoms with van der Waals surface area (Å²) in [5, 5.41) is 2.72. The predicted octanol–water partition coefficient (Wildman–Crippen LogP) is 2.39. The average molecular weight is 355 g/mol. The monoisotopic (exact) mass is 354 g/mol. The zero-order valence-corrected chi connectivity index (χ0v) is 15.9. The van der Waals surface area contributed by atoms with E-state index in [0.29, 0.717) is 12.5 Å². The molecular formula is C18H30N2O3S. The van der Waals surface area contributed by atoms with Crippen molar-refractivity contribution in [3.8, 4) is 0 Å². The first-order valence-electron chi connectivity index (χ1n) is 8.43. The summed E-state index contributed by atoms with van der Waals surface area (Å²) in [6.07, 6.45) is -0.0198. The summed E-state index contributed by atoms with van der Waals surface area (Å²) in [7, 11) is -3.17. The van der Waals surface area contributed by atoms with Gasteiger partial charge in [-0.25, -0.2) is 8.42 Å². The second-order valence-corrected chi connectivity index (χ2v) is 9.22. The fourth-order valence-corrected chi connectivity index (χ4v) is 4.08. The number of hydrogen-bond acceptors (Lipinski definition) is 4. The summed E-state index contributed by atoms with van der Waals surface area (Å²) >= 11 is 0. The van der Waals surface area contributed by atoms with E-state index in [1.165, 1.54) is 5.56 Å².